The van der Waals surface area contributed by atoms with Gasteiger partial charge in [0.1, 0.15) is 5.82 Å². The van der Waals surface area contributed by atoms with E-state index in [-0.39, 0.29) is 5.41 Å². The number of benzene rings is 11. The molecule has 0 unspecified atom stereocenters. The molecule has 0 spiro atoms. The van der Waals surface area contributed by atoms with E-state index in [1.165, 1.54) is 99.4 Å². The van der Waals surface area contributed by atoms with Crippen LogP contribution in [0.15, 0.2) is 243 Å². The topological polar surface area (TPSA) is 17.8 Å². The zero-order chi connectivity index (χ0) is 49.3. The standard InChI is InChI=1S/C66H46N2.2C2H6/c1-66(2)59-40-46(45-25-20-26-47(39-45)65-67-61-35-18-19-36-62(61)68(65)48-27-10-5-11-28-48)37-38-51(59)56-41-57-58(42-60(56)66)64(53-32-15-13-30-50(53)44-23-8-4-9-24-44)55-34-17-16-33-54(55)63(57)52-31-14-12-29-49(52)43-21-6-3-7-22-43;2*1-2/h3-42H,1-2H3;2*1-2H3. The van der Waals surface area contributed by atoms with Gasteiger partial charge >= 0.3 is 0 Å². The second-order valence-electron chi connectivity index (χ2n) is 18.6. The van der Waals surface area contributed by atoms with Crippen molar-refractivity contribution in [1.82, 2.24) is 9.55 Å². The Morgan fingerprint density at radius 2 is 0.778 bits per heavy atom. The first-order valence-electron chi connectivity index (χ1n) is 25.6. The molecule has 348 valence electrons. The highest BCUT2D eigenvalue weighted by molar-refractivity contribution is 6.24. The highest BCUT2D eigenvalue weighted by Crippen LogP contribution is 2.55. The third-order valence-corrected chi connectivity index (χ3v) is 14.4. The number of hydrogen-bond acceptors (Lipinski definition) is 1. The van der Waals surface area contributed by atoms with Crippen molar-refractivity contribution < 1.29 is 0 Å². The van der Waals surface area contributed by atoms with Crippen LogP contribution in [0.2, 0.25) is 0 Å². The lowest BCUT2D eigenvalue weighted by Gasteiger charge is -2.25. The minimum atomic E-state index is -0.280. The van der Waals surface area contributed by atoms with Crippen LogP contribution < -0.4 is 0 Å². The largest absolute Gasteiger partial charge is 0.292 e. The molecule has 2 heteroatoms. The Morgan fingerprint density at radius 1 is 0.319 bits per heavy atom. The first-order valence-corrected chi connectivity index (χ1v) is 25.6. The molecule has 1 aliphatic carbocycles. The summed E-state index contributed by atoms with van der Waals surface area (Å²) in [5, 5.41) is 5.01. The van der Waals surface area contributed by atoms with E-state index in [1.54, 1.807) is 0 Å². The maximum Gasteiger partial charge on any atom is 0.145 e. The van der Waals surface area contributed by atoms with Crippen LogP contribution in [0.1, 0.15) is 52.7 Å². The predicted octanol–water partition coefficient (Wildman–Crippen LogP) is 19.7. The van der Waals surface area contributed by atoms with Crippen LogP contribution in [0.3, 0.4) is 0 Å². The van der Waals surface area contributed by atoms with E-state index in [4.69, 9.17) is 4.98 Å². The second-order valence-corrected chi connectivity index (χ2v) is 18.6. The van der Waals surface area contributed by atoms with Crippen LogP contribution in [0.25, 0.3) is 116 Å². The van der Waals surface area contributed by atoms with Gasteiger partial charge in [-0.2, -0.15) is 0 Å². The van der Waals surface area contributed by atoms with Gasteiger partial charge in [-0.3, -0.25) is 4.57 Å². The molecule has 0 N–H and O–H groups in total. The summed E-state index contributed by atoms with van der Waals surface area (Å²) in [7, 11) is 0. The zero-order valence-electron chi connectivity index (χ0n) is 42.0. The van der Waals surface area contributed by atoms with Crippen LogP contribution in [0, 0.1) is 0 Å². The number of rotatable bonds is 7. The Morgan fingerprint density at radius 3 is 1.39 bits per heavy atom. The summed E-state index contributed by atoms with van der Waals surface area (Å²) in [6.45, 7) is 12.8. The van der Waals surface area contributed by atoms with Crippen molar-refractivity contribution in [3.05, 3.63) is 254 Å². The Bertz CT molecular complexity index is 3920. The summed E-state index contributed by atoms with van der Waals surface area (Å²) in [4.78, 5) is 5.21. The molecule has 1 aliphatic rings. The van der Waals surface area contributed by atoms with Gasteiger partial charge in [0, 0.05) is 16.7 Å². The highest BCUT2D eigenvalue weighted by Gasteiger charge is 2.37. The van der Waals surface area contributed by atoms with Gasteiger partial charge in [0.2, 0.25) is 0 Å². The molecule has 13 rings (SSSR count). The molecule has 11 aromatic carbocycles. The molecule has 0 fully saturated rings. The van der Waals surface area contributed by atoms with Gasteiger partial charge in [-0.15, -0.1) is 0 Å². The fourth-order valence-electron chi connectivity index (χ4n) is 11.2. The predicted molar refractivity (Wildman–Crippen MR) is 309 cm³/mol. The lowest BCUT2D eigenvalue weighted by Crippen LogP contribution is -2.15. The molecule has 0 amide bonds. The molecular weight excluding hydrogens is 869 g/mol. The molecule has 1 heterocycles. The third kappa shape index (κ3) is 7.72. The van der Waals surface area contributed by atoms with Gasteiger partial charge in [-0.05, 0) is 148 Å². The molecule has 0 saturated carbocycles. The molecule has 0 saturated heterocycles. The van der Waals surface area contributed by atoms with Gasteiger partial charge in [0.05, 0.1) is 11.0 Å². The van der Waals surface area contributed by atoms with Crippen molar-refractivity contribution in [3.8, 4) is 83.8 Å². The lowest BCUT2D eigenvalue weighted by molar-refractivity contribution is 0.661. The second kappa shape index (κ2) is 19.3. The highest BCUT2D eigenvalue weighted by atomic mass is 15.1. The molecule has 0 bridgehead atoms. The Kier molecular flexibility index (Phi) is 12.3. The van der Waals surface area contributed by atoms with Crippen LogP contribution in [0.5, 0.6) is 0 Å². The van der Waals surface area contributed by atoms with Crippen molar-refractivity contribution in [2.75, 3.05) is 0 Å². The van der Waals surface area contributed by atoms with Gasteiger partial charge in [-0.25, -0.2) is 4.98 Å². The van der Waals surface area contributed by atoms with E-state index < -0.39 is 0 Å². The van der Waals surface area contributed by atoms with Gasteiger partial charge in [-0.1, -0.05) is 236 Å². The molecule has 12 aromatic rings. The summed E-state index contributed by atoms with van der Waals surface area (Å²) < 4.78 is 2.28. The first kappa shape index (κ1) is 45.8. The van der Waals surface area contributed by atoms with E-state index in [1.807, 2.05) is 27.7 Å². The van der Waals surface area contributed by atoms with Gasteiger partial charge < -0.3 is 0 Å². The third-order valence-electron chi connectivity index (χ3n) is 14.4. The fraction of sp³-hybridized carbons (Fsp3) is 0.100. The number of imidazole rings is 1. The Balaban J connectivity index is 0.00000137. The van der Waals surface area contributed by atoms with Gasteiger partial charge in [0.15, 0.2) is 0 Å². The smallest absolute Gasteiger partial charge is 0.145 e. The van der Waals surface area contributed by atoms with Crippen molar-refractivity contribution in [2.45, 2.75) is 47.0 Å². The molecule has 2 nitrogen and oxygen atoms in total. The van der Waals surface area contributed by atoms with Crippen molar-refractivity contribution >= 4 is 32.6 Å². The molecule has 0 radical (unpaired) electrons. The van der Waals surface area contributed by atoms with Crippen LogP contribution >= 0.6 is 0 Å². The summed E-state index contributed by atoms with van der Waals surface area (Å²) >= 11 is 0. The minimum Gasteiger partial charge on any atom is -0.292 e. The van der Waals surface area contributed by atoms with E-state index in [0.717, 1.165) is 28.1 Å². The Hall–Kier alpha value is -8.59. The number of aromatic nitrogens is 2. The number of fused-ring (bicyclic) bond motifs is 6. The number of hydrogen-bond donors (Lipinski definition) is 0. The zero-order valence-corrected chi connectivity index (χ0v) is 42.0. The number of para-hydroxylation sites is 3. The minimum absolute atomic E-state index is 0.280. The lowest BCUT2D eigenvalue weighted by atomic mass is 9.78. The monoisotopic (exact) mass is 926 g/mol. The fourth-order valence-corrected chi connectivity index (χ4v) is 11.2. The summed E-state index contributed by atoms with van der Waals surface area (Å²) in [5.41, 5.74) is 21.5. The van der Waals surface area contributed by atoms with E-state index in [9.17, 15) is 0 Å². The SMILES string of the molecule is CC.CC.CC1(C)c2cc(-c3cccc(-c4nc5ccccc5n4-c4ccccc4)c3)ccc2-c2cc3c(-c4ccccc4-c4ccccc4)c4ccccc4c(-c4ccccc4-c4ccccc4)c3cc21. The summed E-state index contributed by atoms with van der Waals surface area (Å²) in [6, 6.07) is 88.8. The van der Waals surface area contributed by atoms with Crippen LogP contribution in [-0.4, -0.2) is 9.55 Å². The van der Waals surface area contributed by atoms with E-state index in [2.05, 4.69) is 261 Å². The molecule has 0 atom stereocenters. The van der Waals surface area contributed by atoms with E-state index >= 15 is 0 Å². The Labute approximate surface area is 424 Å². The molecule has 1 aromatic heterocycles. The van der Waals surface area contributed by atoms with Crippen molar-refractivity contribution in [1.29, 1.82) is 0 Å². The maximum atomic E-state index is 5.21. The number of nitrogens with zero attached hydrogens (tertiary/aromatic N) is 2. The molecular formula is C70H58N2. The van der Waals surface area contributed by atoms with Crippen LogP contribution in [0.4, 0.5) is 0 Å². The quantitative estimate of drug-likeness (QED) is 0.146. The van der Waals surface area contributed by atoms with E-state index in [0.29, 0.717) is 0 Å². The molecule has 0 aliphatic heterocycles. The average molecular weight is 927 g/mol. The maximum absolute atomic E-state index is 5.21. The first-order chi connectivity index (χ1) is 35.5. The van der Waals surface area contributed by atoms with Crippen molar-refractivity contribution in [3.63, 3.8) is 0 Å². The average Bonchev–Trinajstić information content (AvgIpc) is 3.95. The summed E-state index contributed by atoms with van der Waals surface area (Å²) in [5.74, 6) is 0.932. The molecule has 72 heavy (non-hydrogen) atoms. The van der Waals surface area contributed by atoms with Gasteiger partial charge in [0.25, 0.3) is 0 Å². The van der Waals surface area contributed by atoms with Crippen molar-refractivity contribution in [2.24, 2.45) is 0 Å². The summed E-state index contributed by atoms with van der Waals surface area (Å²) in [6.07, 6.45) is 0. The normalized spacial score (nSPS) is 12.1. The van der Waals surface area contributed by atoms with Crippen LogP contribution in [-0.2, 0) is 5.41 Å².